The van der Waals surface area contributed by atoms with Crippen molar-refractivity contribution >= 4 is 23.8 Å². The molecule has 4 rings (SSSR count). The molecule has 0 fully saturated rings. The van der Waals surface area contributed by atoms with Crippen LogP contribution in [0.2, 0.25) is 0 Å². The van der Waals surface area contributed by atoms with E-state index in [-0.39, 0.29) is 16.8 Å². The van der Waals surface area contributed by atoms with Gasteiger partial charge in [0.15, 0.2) is 0 Å². The molecule has 0 saturated heterocycles. The molecule has 0 amide bonds. The van der Waals surface area contributed by atoms with Gasteiger partial charge in [-0.2, -0.15) is 0 Å². The molecule has 0 bridgehead atoms. The molecular weight excluding hydrogens is 431 g/mol. The summed E-state index contributed by atoms with van der Waals surface area (Å²) in [5.74, 6) is 0. The first-order chi connectivity index (χ1) is 14.9. The fourth-order valence-electron chi connectivity index (χ4n) is 2.20. The molecular formula is C24H20CoN6. The van der Waals surface area contributed by atoms with Crippen LogP contribution in [-0.4, -0.2) is 22.4 Å². The van der Waals surface area contributed by atoms with Gasteiger partial charge in [-0.3, -0.25) is 9.97 Å². The molecule has 0 unspecified atom stereocenters. The number of rotatable bonds is 6. The Morgan fingerprint density at radius 1 is 0.516 bits per heavy atom. The molecule has 0 saturated carbocycles. The van der Waals surface area contributed by atoms with E-state index in [1.165, 1.54) is 0 Å². The summed E-state index contributed by atoms with van der Waals surface area (Å²) in [6.45, 7) is 0. The second-order valence-electron chi connectivity index (χ2n) is 5.87. The molecule has 0 atom stereocenters. The van der Waals surface area contributed by atoms with E-state index in [1.54, 1.807) is 24.8 Å². The van der Waals surface area contributed by atoms with Crippen LogP contribution in [0.3, 0.4) is 0 Å². The van der Waals surface area contributed by atoms with Crippen molar-refractivity contribution in [2.24, 2.45) is 10.2 Å². The van der Waals surface area contributed by atoms with Crippen LogP contribution in [0, 0.1) is 0 Å². The number of hydrogen-bond donors (Lipinski definition) is 0. The van der Waals surface area contributed by atoms with E-state index in [4.69, 9.17) is 0 Å². The van der Waals surface area contributed by atoms with Gasteiger partial charge in [0.2, 0.25) is 0 Å². The van der Waals surface area contributed by atoms with Gasteiger partial charge in [0.25, 0.3) is 0 Å². The van der Waals surface area contributed by atoms with Crippen LogP contribution in [0.15, 0.2) is 120 Å². The van der Waals surface area contributed by atoms with E-state index >= 15 is 0 Å². The molecule has 7 heteroatoms. The minimum absolute atomic E-state index is 0. The van der Waals surface area contributed by atoms with Crippen LogP contribution in [0.1, 0.15) is 11.4 Å². The molecule has 0 aliphatic rings. The van der Waals surface area contributed by atoms with Crippen molar-refractivity contribution in [1.82, 2.24) is 9.97 Å². The van der Waals surface area contributed by atoms with Crippen molar-refractivity contribution in [2.75, 3.05) is 0 Å². The Kier molecular flexibility index (Phi) is 10.8. The molecule has 0 aliphatic carbocycles. The topological polar surface area (TPSA) is 78.7 Å². The molecule has 0 N–H and O–H groups in total. The molecule has 0 aliphatic heterocycles. The minimum atomic E-state index is 0. The molecule has 155 valence electrons. The third kappa shape index (κ3) is 9.49. The van der Waals surface area contributed by atoms with Gasteiger partial charge < -0.3 is 21.1 Å². The van der Waals surface area contributed by atoms with E-state index < -0.39 is 0 Å². The van der Waals surface area contributed by atoms with Gasteiger partial charge in [0.05, 0.1) is 11.4 Å². The van der Waals surface area contributed by atoms with E-state index in [0.717, 1.165) is 22.8 Å². The third-order valence-electron chi connectivity index (χ3n) is 3.61. The SMILES string of the molecule is C(=N/[N-]c1ccccc1)/c1ccccn1.C(=N/[N-]c1ccccc1)/c1ccccn1.[Co+2]. The van der Waals surface area contributed by atoms with Gasteiger partial charge in [0, 0.05) is 24.8 Å². The maximum Gasteiger partial charge on any atom is 2.00 e. The summed E-state index contributed by atoms with van der Waals surface area (Å²) >= 11 is 0. The monoisotopic (exact) mass is 451 g/mol. The van der Waals surface area contributed by atoms with Gasteiger partial charge in [0.1, 0.15) is 0 Å². The average Bonchev–Trinajstić information content (AvgIpc) is 2.82. The van der Waals surface area contributed by atoms with Gasteiger partial charge in [-0.05, 0) is 24.3 Å². The van der Waals surface area contributed by atoms with Crippen LogP contribution in [0.4, 0.5) is 11.4 Å². The van der Waals surface area contributed by atoms with E-state index in [9.17, 15) is 0 Å². The van der Waals surface area contributed by atoms with Crippen LogP contribution >= 0.6 is 0 Å². The van der Waals surface area contributed by atoms with Gasteiger partial charge in [-0.15, -0.1) is 11.4 Å². The summed E-state index contributed by atoms with van der Waals surface area (Å²) in [7, 11) is 0. The van der Waals surface area contributed by atoms with Crippen molar-refractivity contribution in [3.63, 3.8) is 0 Å². The molecule has 1 radical (unpaired) electrons. The van der Waals surface area contributed by atoms with Crippen LogP contribution in [-0.2, 0) is 16.8 Å². The minimum Gasteiger partial charge on any atom is -0.575 e. The normalized spacial score (nSPS) is 10.1. The molecule has 4 aromatic rings. The van der Waals surface area contributed by atoms with Crippen LogP contribution in [0.5, 0.6) is 0 Å². The molecule has 31 heavy (non-hydrogen) atoms. The number of pyridine rings is 2. The summed E-state index contributed by atoms with van der Waals surface area (Å²) in [6.07, 6.45) is 6.72. The zero-order chi connectivity index (χ0) is 20.7. The second kappa shape index (κ2) is 14.2. The van der Waals surface area contributed by atoms with Gasteiger partial charge >= 0.3 is 16.8 Å². The fourth-order valence-corrected chi connectivity index (χ4v) is 2.20. The Morgan fingerprint density at radius 2 is 0.903 bits per heavy atom. The van der Waals surface area contributed by atoms with Gasteiger partial charge in [-0.1, -0.05) is 72.8 Å². The Morgan fingerprint density at radius 3 is 1.26 bits per heavy atom. The van der Waals surface area contributed by atoms with Crippen molar-refractivity contribution in [1.29, 1.82) is 0 Å². The van der Waals surface area contributed by atoms with E-state index in [2.05, 4.69) is 31.0 Å². The van der Waals surface area contributed by atoms with Crippen LogP contribution < -0.4 is 0 Å². The zero-order valence-electron chi connectivity index (χ0n) is 16.6. The van der Waals surface area contributed by atoms with Crippen LogP contribution in [0.25, 0.3) is 10.9 Å². The number of aromatic nitrogens is 2. The largest absolute Gasteiger partial charge is 2.00 e. The van der Waals surface area contributed by atoms with Crippen molar-refractivity contribution in [2.45, 2.75) is 0 Å². The molecule has 2 heterocycles. The van der Waals surface area contributed by atoms with E-state index in [1.807, 2.05) is 97.1 Å². The summed E-state index contributed by atoms with van der Waals surface area (Å²) in [6, 6.07) is 30.5. The van der Waals surface area contributed by atoms with Crippen molar-refractivity contribution in [3.8, 4) is 0 Å². The summed E-state index contributed by atoms with van der Waals surface area (Å²) in [4.78, 5) is 8.20. The first-order valence-corrected chi connectivity index (χ1v) is 9.30. The molecule has 6 nitrogen and oxygen atoms in total. The number of nitrogens with zero attached hydrogens (tertiary/aromatic N) is 6. The van der Waals surface area contributed by atoms with Crippen molar-refractivity contribution < 1.29 is 16.8 Å². The first-order valence-electron chi connectivity index (χ1n) is 9.30. The fraction of sp³-hybridized carbons (Fsp3) is 0. The zero-order valence-corrected chi connectivity index (χ0v) is 17.6. The summed E-state index contributed by atoms with van der Waals surface area (Å²) in [5.41, 5.74) is 11.3. The quantitative estimate of drug-likeness (QED) is 0.257. The Balaban J connectivity index is 0.000000213. The standard InChI is InChI=1S/2C12H10N3.Co/c2*1-2-6-11(7-3-1)15-14-10-12-8-4-5-9-13-12;/h2*1-10H;/q2*-1;+2/b2*14-10-;. The summed E-state index contributed by atoms with van der Waals surface area (Å²) in [5, 5.41) is 7.90. The summed E-state index contributed by atoms with van der Waals surface area (Å²) < 4.78 is 0. The van der Waals surface area contributed by atoms with E-state index in [0.29, 0.717) is 0 Å². The number of hydrogen-bond acceptors (Lipinski definition) is 4. The van der Waals surface area contributed by atoms with Gasteiger partial charge in [-0.25, -0.2) is 0 Å². The first kappa shape index (κ1) is 23.5. The van der Waals surface area contributed by atoms with Crippen molar-refractivity contribution in [3.05, 3.63) is 132 Å². The third-order valence-corrected chi connectivity index (χ3v) is 3.61. The Labute approximate surface area is 192 Å². The maximum absolute atomic E-state index is 4.10. The smallest absolute Gasteiger partial charge is 0.575 e. The molecule has 2 aromatic heterocycles. The molecule has 0 spiro atoms. The Bertz CT molecular complexity index is 940. The predicted octanol–water partition coefficient (Wildman–Crippen LogP) is 6.24. The maximum atomic E-state index is 4.10. The second-order valence-corrected chi connectivity index (χ2v) is 5.87. The average molecular weight is 451 g/mol. The Hall–Kier alpha value is -3.81. The number of benzene rings is 2. The molecule has 2 aromatic carbocycles. The predicted molar refractivity (Wildman–Crippen MR) is 123 cm³/mol.